The molecule has 1 fully saturated rings. The van der Waals surface area contributed by atoms with Crippen molar-refractivity contribution in [2.24, 2.45) is 5.92 Å². The summed E-state index contributed by atoms with van der Waals surface area (Å²) in [6, 6.07) is 9.52. The predicted octanol–water partition coefficient (Wildman–Crippen LogP) is 2.22. The normalized spacial score (nSPS) is 19.1. The lowest BCUT2D eigenvalue weighted by atomic mass is 9.91. The van der Waals surface area contributed by atoms with Crippen molar-refractivity contribution < 1.29 is 9.59 Å². The molecule has 1 amide bonds. The maximum absolute atomic E-state index is 12.3. The molecule has 0 saturated carbocycles. The second kappa shape index (κ2) is 5.66. The van der Waals surface area contributed by atoms with Crippen molar-refractivity contribution in [2.75, 3.05) is 11.4 Å². The molecule has 0 aromatic heterocycles. The van der Waals surface area contributed by atoms with Crippen LogP contribution >= 0.6 is 0 Å². The number of Topliss-reactive ketones (excluding diaryl/α,β-unsaturated/α-hetero) is 1. The first kappa shape index (κ1) is 13.3. The van der Waals surface area contributed by atoms with E-state index in [4.69, 9.17) is 5.26 Å². The summed E-state index contributed by atoms with van der Waals surface area (Å²) in [4.78, 5) is 25.8. The highest BCUT2D eigenvalue weighted by atomic mass is 16.2. The highest BCUT2D eigenvalue weighted by Gasteiger charge is 2.34. The summed E-state index contributed by atoms with van der Waals surface area (Å²) in [5, 5.41) is 8.58. The van der Waals surface area contributed by atoms with Gasteiger partial charge in [0.2, 0.25) is 5.91 Å². The quantitative estimate of drug-likeness (QED) is 0.779. The summed E-state index contributed by atoms with van der Waals surface area (Å²) in [6.45, 7) is 2.61. The number of amides is 1. The topological polar surface area (TPSA) is 61.2 Å². The van der Waals surface area contributed by atoms with Crippen LogP contribution < -0.4 is 4.90 Å². The molecule has 1 aromatic rings. The highest BCUT2D eigenvalue weighted by molar-refractivity contribution is 6.09. The second-order valence-electron chi connectivity index (χ2n) is 4.82. The van der Waals surface area contributed by atoms with Crippen LogP contribution in [0.4, 0.5) is 5.69 Å². The zero-order valence-corrected chi connectivity index (χ0v) is 10.9. The molecule has 1 aliphatic heterocycles. The third-order valence-electron chi connectivity index (χ3n) is 3.39. The molecule has 1 aliphatic rings. The standard InChI is InChI=1S/C15H16N2O2/c1-11-4-2-5-12(10-11)17-9-3-6-13(15(17)19)14(18)7-8-16/h2,4-5,10,13H,3,6-7,9H2,1H3/t13-/m1/s1. The number of carbonyl (C=O) groups excluding carboxylic acids is 2. The number of carbonyl (C=O) groups is 2. The van der Waals surface area contributed by atoms with Crippen molar-refractivity contribution in [3.8, 4) is 6.07 Å². The van der Waals surface area contributed by atoms with Gasteiger partial charge in [-0.2, -0.15) is 5.26 Å². The molecule has 1 aromatic carbocycles. The first-order chi connectivity index (χ1) is 9.13. The van der Waals surface area contributed by atoms with Crippen molar-refractivity contribution in [1.82, 2.24) is 0 Å². The molecular weight excluding hydrogens is 240 g/mol. The van der Waals surface area contributed by atoms with Gasteiger partial charge >= 0.3 is 0 Å². The largest absolute Gasteiger partial charge is 0.312 e. The Kier molecular flexibility index (Phi) is 3.96. The summed E-state index contributed by atoms with van der Waals surface area (Å²) in [6.07, 6.45) is 1.17. The van der Waals surface area contributed by atoms with E-state index in [9.17, 15) is 9.59 Å². The van der Waals surface area contributed by atoms with Gasteiger partial charge in [-0.25, -0.2) is 0 Å². The molecular formula is C15H16N2O2. The number of piperidine rings is 1. The first-order valence-electron chi connectivity index (χ1n) is 6.41. The average molecular weight is 256 g/mol. The molecule has 4 nitrogen and oxygen atoms in total. The van der Waals surface area contributed by atoms with E-state index in [0.29, 0.717) is 13.0 Å². The van der Waals surface area contributed by atoms with Gasteiger partial charge in [0.05, 0.1) is 18.4 Å². The van der Waals surface area contributed by atoms with E-state index in [1.54, 1.807) is 4.90 Å². The predicted molar refractivity (Wildman–Crippen MR) is 71.5 cm³/mol. The maximum Gasteiger partial charge on any atom is 0.237 e. The minimum Gasteiger partial charge on any atom is -0.312 e. The lowest BCUT2D eigenvalue weighted by Crippen LogP contribution is -2.44. The molecule has 1 saturated heterocycles. The van der Waals surface area contributed by atoms with E-state index in [2.05, 4.69) is 0 Å². The molecule has 0 bridgehead atoms. The van der Waals surface area contributed by atoms with Gasteiger partial charge in [-0.05, 0) is 37.5 Å². The molecule has 1 atom stereocenters. The van der Waals surface area contributed by atoms with Crippen LogP contribution in [0.3, 0.4) is 0 Å². The monoisotopic (exact) mass is 256 g/mol. The third kappa shape index (κ3) is 2.82. The number of rotatable bonds is 3. The zero-order valence-electron chi connectivity index (χ0n) is 10.9. The van der Waals surface area contributed by atoms with Gasteiger partial charge in [-0.3, -0.25) is 9.59 Å². The summed E-state index contributed by atoms with van der Waals surface area (Å²) in [7, 11) is 0. The molecule has 0 aliphatic carbocycles. The Bertz CT molecular complexity index is 545. The summed E-state index contributed by atoms with van der Waals surface area (Å²) in [5.74, 6) is -1.07. The molecule has 0 radical (unpaired) electrons. The fourth-order valence-electron chi connectivity index (χ4n) is 2.43. The van der Waals surface area contributed by atoms with E-state index in [1.807, 2.05) is 37.3 Å². The van der Waals surface area contributed by atoms with Crippen LogP contribution in [0.5, 0.6) is 0 Å². The van der Waals surface area contributed by atoms with Crippen LogP contribution in [-0.4, -0.2) is 18.2 Å². The van der Waals surface area contributed by atoms with Crippen LogP contribution in [0.25, 0.3) is 0 Å². The molecule has 2 rings (SSSR count). The highest BCUT2D eigenvalue weighted by Crippen LogP contribution is 2.26. The van der Waals surface area contributed by atoms with Crippen LogP contribution in [-0.2, 0) is 9.59 Å². The Morgan fingerprint density at radius 1 is 1.53 bits per heavy atom. The smallest absolute Gasteiger partial charge is 0.237 e. The number of hydrogen-bond acceptors (Lipinski definition) is 3. The summed E-state index contributed by atoms with van der Waals surface area (Å²) < 4.78 is 0. The molecule has 0 spiro atoms. The number of nitriles is 1. The van der Waals surface area contributed by atoms with Gasteiger partial charge < -0.3 is 4.90 Å². The lowest BCUT2D eigenvalue weighted by Gasteiger charge is -2.31. The molecule has 1 heterocycles. The fourth-order valence-corrected chi connectivity index (χ4v) is 2.43. The number of anilines is 1. The first-order valence-corrected chi connectivity index (χ1v) is 6.41. The van der Waals surface area contributed by atoms with Gasteiger partial charge in [0.1, 0.15) is 0 Å². The van der Waals surface area contributed by atoms with Crippen molar-refractivity contribution >= 4 is 17.4 Å². The third-order valence-corrected chi connectivity index (χ3v) is 3.39. The molecule has 0 N–H and O–H groups in total. The van der Waals surface area contributed by atoms with Crippen LogP contribution in [0.2, 0.25) is 0 Å². The number of ketones is 1. The van der Waals surface area contributed by atoms with Crippen molar-refractivity contribution in [3.63, 3.8) is 0 Å². The van der Waals surface area contributed by atoms with Crippen molar-refractivity contribution in [1.29, 1.82) is 5.26 Å². The SMILES string of the molecule is Cc1cccc(N2CCC[C@H](C(=O)CC#N)C2=O)c1. The van der Waals surface area contributed by atoms with E-state index in [-0.39, 0.29) is 18.1 Å². The Balaban J connectivity index is 2.21. The fraction of sp³-hybridized carbons (Fsp3) is 0.400. The molecule has 0 unspecified atom stereocenters. The number of hydrogen-bond donors (Lipinski definition) is 0. The van der Waals surface area contributed by atoms with E-state index < -0.39 is 5.92 Å². The Morgan fingerprint density at radius 3 is 3.00 bits per heavy atom. The van der Waals surface area contributed by atoms with Gasteiger partial charge in [-0.1, -0.05) is 12.1 Å². The average Bonchev–Trinajstić information content (AvgIpc) is 2.39. The molecule has 98 valence electrons. The van der Waals surface area contributed by atoms with Crippen LogP contribution in [0.15, 0.2) is 24.3 Å². The minimum absolute atomic E-state index is 0.169. The van der Waals surface area contributed by atoms with E-state index in [1.165, 1.54) is 0 Å². The maximum atomic E-state index is 12.3. The number of nitrogens with zero attached hydrogens (tertiary/aromatic N) is 2. The summed E-state index contributed by atoms with van der Waals surface area (Å²) in [5.41, 5.74) is 1.91. The lowest BCUT2D eigenvalue weighted by molar-refractivity contribution is -0.133. The van der Waals surface area contributed by atoms with Crippen molar-refractivity contribution in [2.45, 2.75) is 26.2 Å². The van der Waals surface area contributed by atoms with Gasteiger partial charge in [-0.15, -0.1) is 0 Å². The number of aryl methyl sites for hydroxylation is 1. The van der Waals surface area contributed by atoms with E-state index in [0.717, 1.165) is 17.7 Å². The molecule has 4 heteroatoms. The zero-order chi connectivity index (χ0) is 13.8. The van der Waals surface area contributed by atoms with Gasteiger partial charge in [0.15, 0.2) is 5.78 Å². The van der Waals surface area contributed by atoms with E-state index >= 15 is 0 Å². The molecule has 19 heavy (non-hydrogen) atoms. The summed E-state index contributed by atoms with van der Waals surface area (Å²) >= 11 is 0. The Morgan fingerprint density at radius 2 is 2.32 bits per heavy atom. The Labute approximate surface area is 112 Å². The van der Waals surface area contributed by atoms with Crippen LogP contribution in [0.1, 0.15) is 24.8 Å². The second-order valence-corrected chi connectivity index (χ2v) is 4.82. The minimum atomic E-state index is -0.645. The van der Waals surface area contributed by atoms with Crippen molar-refractivity contribution in [3.05, 3.63) is 29.8 Å². The Hall–Kier alpha value is -2.15. The van der Waals surface area contributed by atoms with Gasteiger partial charge in [0.25, 0.3) is 0 Å². The van der Waals surface area contributed by atoms with Crippen LogP contribution in [0, 0.1) is 24.2 Å². The van der Waals surface area contributed by atoms with Gasteiger partial charge in [0, 0.05) is 12.2 Å². The number of benzene rings is 1.